The Kier molecular flexibility index (Phi) is 6.35. The third-order valence-corrected chi connectivity index (χ3v) is 6.10. The molecule has 0 radical (unpaired) electrons. The number of para-hydroxylation sites is 1. The van der Waals surface area contributed by atoms with Gasteiger partial charge < -0.3 is 18.9 Å². The zero-order valence-corrected chi connectivity index (χ0v) is 19.2. The van der Waals surface area contributed by atoms with E-state index in [-0.39, 0.29) is 24.9 Å². The maximum absolute atomic E-state index is 12.8. The second-order valence-electron chi connectivity index (χ2n) is 7.31. The Bertz CT molecular complexity index is 1290. The van der Waals surface area contributed by atoms with Crippen molar-refractivity contribution in [3.8, 4) is 28.7 Å². The number of nitrogens with zero attached hydrogens (tertiary/aromatic N) is 3. The molecule has 2 heterocycles. The molecule has 8 nitrogen and oxygen atoms in total. The summed E-state index contributed by atoms with van der Waals surface area (Å²) in [6, 6.07) is 22.3. The number of rotatable bonds is 9. The van der Waals surface area contributed by atoms with Crippen LogP contribution in [0.5, 0.6) is 23.0 Å². The molecule has 0 spiro atoms. The molecule has 34 heavy (non-hydrogen) atoms. The number of ketones is 1. The molecule has 0 unspecified atom stereocenters. The van der Waals surface area contributed by atoms with E-state index < -0.39 is 0 Å². The quantitative estimate of drug-likeness (QED) is 0.257. The molecule has 0 saturated carbocycles. The van der Waals surface area contributed by atoms with E-state index in [1.54, 1.807) is 25.3 Å². The fourth-order valence-corrected chi connectivity index (χ4v) is 4.29. The number of fused-ring (bicyclic) bond motifs is 1. The van der Waals surface area contributed by atoms with Crippen LogP contribution in [-0.4, -0.2) is 40.2 Å². The number of hydrogen-bond donors (Lipinski definition) is 0. The van der Waals surface area contributed by atoms with Crippen molar-refractivity contribution in [2.75, 3.05) is 19.7 Å². The van der Waals surface area contributed by atoms with E-state index in [1.165, 1.54) is 11.8 Å². The molecule has 0 aliphatic carbocycles. The van der Waals surface area contributed by atoms with Crippen LogP contribution >= 0.6 is 11.8 Å². The van der Waals surface area contributed by atoms with Crippen LogP contribution < -0.4 is 18.9 Å². The van der Waals surface area contributed by atoms with Crippen molar-refractivity contribution in [1.82, 2.24) is 14.8 Å². The maximum Gasteiger partial charge on any atom is 0.231 e. The van der Waals surface area contributed by atoms with Gasteiger partial charge in [-0.05, 0) is 54.6 Å². The Morgan fingerprint density at radius 3 is 2.53 bits per heavy atom. The molecule has 0 amide bonds. The maximum atomic E-state index is 12.8. The summed E-state index contributed by atoms with van der Waals surface area (Å²) in [5, 5.41) is 9.27. The second kappa shape index (κ2) is 9.88. The zero-order valence-electron chi connectivity index (χ0n) is 18.3. The van der Waals surface area contributed by atoms with Crippen molar-refractivity contribution < 1.29 is 23.7 Å². The fraction of sp³-hybridized carbons (Fsp3) is 0.160. The van der Waals surface area contributed by atoms with Gasteiger partial charge in [-0.25, -0.2) is 0 Å². The van der Waals surface area contributed by atoms with Crippen molar-refractivity contribution in [2.45, 2.75) is 11.8 Å². The van der Waals surface area contributed by atoms with Gasteiger partial charge in [0.15, 0.2) is 28.3 Å². The van der Waals surface area contributed by atoms with Gasteiger partial charge in [-0.1, -0.05) is 30.0 Å². The Morgan fingerprint density at radius 1 is 0.971 bits per heavy atom. The molecule has 0 bridgehead atoms. The molecule has 1 aliphatic rings. The first-order valence-corrected chi connectivity index (χ1v) is 11.5. The van der Waals surface area contributed by atoms with Crippen LogP contribution in [0.15, 0.2) is 78.0 Å². The molecular weight excluding hydrogens is 454 g/mol. The SMILES string of the molecule is COc1ccc(OCc2nnc(SCC(=O)c3ccc4c(c3)OCO4)n2-c2ccccc2)cc1. The summed E-state index contributed by atoms with van der Waals surface area (Å²) in [6.45, 7) is 0.383. The van der Waals surface area contributed by atoms with Crippen LogP contribution in [0.2, 0.25) is 0 Å². The van der Waals surface area contributed by atoms with Crippen LogP contribution in [0.3, 0.4) is 0 Å². The minimum atomic E-state index is -0.0399. The Hall–Kier alpha value is -3.98. The van der Waals surface area contributed by atoms with Crippen LogP contribution in [0.4, 0.5) is 0 Å². The van der Waals surface area contributed by atoms with E-state index >= 15 is 0 Å². The van der Waals surface area contributed by atoms with Gasteiger partial charge in [-0.15, -0.1) is 10.2 Å². The van der Waals surface area contributed by atoms with Gasteiger partial charge >= 0.3 is 0 Å². The van der Waals surface area contributed by atoms with Crippen molar-refractivity contribution in [3.05, 3.63) is 84.2 Å². The van der Waals surface area contributed by atoms with Crippen molar-refractivity contribution in [3.63, 3.8) is 0 Å². The lowest BCUT2D eigenvalue weighted by molar-refractivity contribution is 0.102. The molecule has 172 valence electrons. The first kappa shape index (κ1) is 21.8. The number of methoxy groups -OCH3 is 1. The summed E-state index contributed by atoms with van der Waals surface area (Å²) < 4.78 is 23.7. The molecule has 9 heteroatoms. The first-order valence-electron chi connectivity index (χ1n) is 10.5. The molecule has 3 aromatic carbocycles. The number of ether oxygens (including phenoxy) is 4. The van der Waals surface area contributed by atoms with E-state index in [1.807, 2.05) is 59.2 Å². The van der Waals surface area contributed by atoms with E-state index in [4.69, 9.17) is 18.9 Å². The van der Waals surface area contributed by atoms with Gasteiger partial charge in [0.05, 0.1) is 12.9 Å². The lowest BCUT2D eigenvalue weighted by Crippen LogP contribution is -2.08. The van der Waals surface area contributed by atoms with Gasteiger partial charge in [0, 0.05) is 11.3 Å². The summed E-state index contributed by atoms with van der Waals surface area (Å²) in [5.74, 6) is 3.46. The number of carbonyl (C=O) groups is 1. The van der Waals surface area contributed by atoms with Gasteiger partial charge in [0.25, 0.3) is 0 Å². The van der Waals surface area contributed by atoms with Gasteiger partial charge in [-0.2, -0.15) is 0 Å². The third-order valence-electron chi connectivity index (χ3n) is 5.17. The largest absolute Gasteiger partial charge is 0.497 e. The van der Waals surface area contributed by atoms with E-state index in [0.29, 0.717) is 33.8 Å². The number of benzene rings is 3. The topological polar surface area (TPSA) is 84.7 Å². The molecule has 5 rings (SSSR count). The lowest BCUT2D eigenvalue weighted by Gasteiger charge is -2.11. The summed E-state index contributed by atoms with van der Waals surface area (Å²) in [5.41, 5.74) is 1.45. The predicted molar refractivity (Wildman–Crippen MR) is 126 cm³/mol. The normalized spacial score (nSPS) is 11.9. The second-order valence-corrected chi connectivity index (χ2v) is 8.26. The first-order chi connectivity index (χ1) is 16.7. The average molecular weight is 476 g/mol. The fourth-order valence-electron chi connectivity index (χ4n) is 3.43. The molecule has 0 atom stereocenters. The van der Waals surface area contributed by atoms with Crippen LogP contribution in [0.25, 0.3) is 5.69 Å². The Balaban J connectivity index is 1.33. The highest BCUT2D eigenvalue weighted by atomic mass is 32.2. The molecule has 4 aromatic rings. The number of hydrogen-bond acceptors (Lipinski definition) is 8. The van der Waals surface area contributed by atoms with Crippen molar-refractivity contribution in [1.29, 1.82) is 0 Å². The standard InChI is InChI=1S/C25H21N3O5S/c1-30-19-8-10-20(11-9-19)31-14-24-26-27-25(28(24)18-5-3-2-4-6-18)34-15-21(29)17-7-12-22-23(13-17)33-16-32-22/h2-13H,14-16H2,1H3. The highest BCUT2D eigenvalue weighted by molar-refractivity contribution is 7.99. The van der Waals surface area contributed by atoms with Gasteiger partial charge in [-0.3, -0.25) is 9.36 Å². The van der Waals surface area contributed by atoms with E-state index in [2.05, 4.69) is 10.2 Å². The van der Waals surface area contributed by atoms with Crippen molar-refractivity contribution >= 4 is 17.5 Å². The van der Waals surface area contributed by atoms with Crippen LogP contribution in [0.1, 0.15) is 16.2 Å². The van der Waals surface area contributed by atoms with E-state index in [9.17, 15) is 4.79 Å². The number of aromatic nitrogens is 3. The highest BCUT2D eigenvalue weighted by Gasteiger charge is 2.19. The highest BCUT2D eigenvalue weighted by Crippen LogP contribution is 2.33. The molecule has 0 fully saturated rings. The minimum absolute atomic E-state index is 0.0399. The Morgan fingerprint density at radius 2 is 1.74 bits per heavy atom. The van der Waals surface area contributed by atoms with Crippen LogP contribution in [-0.2, 0) is 6.61 Å². The van der Waals surface area contributed by atoms with Crippen LogP contribution in [0, 0.1) is 0 Å². The summed E-state index contributed by atoms with van der Waals surface area (Å²) in [4.78, 5) is 12.8. The molecular formula is C25H21N3O5S. The lowest BCUT2D eigenvalue weighted by atomic mass is 10.1. The van der Waals surface area contributed by atoms with Gasteiger partial charge in [0.2, 0.25) is 6.79 Å². The van der Waals surface area contributed by atoms with E-state index in [0.717, 1.165) is 11.4 Å². The third kappa shape index (κ3) is 4.69. The van der Waals surface area contributed by atoms with Gasteiger partial charge in [0.1, 0.15) is 18.1 Å². The average Bonchev–Trinajstić information content (AvgIpc) is 3.53. The Labute approximate surface area is 200 Å². The molecule has 0 saturated heterocycles. The summed E-state index contributed by atoms with van der Waals surface area (Å²) in [7, 11) is 1.62. The number of thioether (sulfide) groups is 1. The molecule has 1 aliphatic heterocycles. The summed E-state index contributed by atoms with van der Waals surface area (Å²) >= 11 is 1.32. The molecule has 0 N–H and O–H groups in total. The predicted octanol–water partition coefficient (Wildman–Crippen LogP) is 4.56. The number of carbonyl (C=O) groups excluding carboxylic acids is 1. The molecule has 1 aromatic heterocycles. The van der Waals surface area contributed by atoms with Crippen molar-refractivity contribution in [2.24, 2.45) is 0 Å². The smallest absolute Gasteiger partial charge is 0.231 e. The summed E-state index contributed by atoms with van der Waals surface area (Å²) in [6.07, 6.45) is 0. The number of Topliss-reactive ketones (excluding diaryl/α,β-unsaturated/α-hetero) is 1. The minimum Gasteiger partial charge on any atom is -0.497 e. The monoisotopic (exact) mass is 475 g/mol. The zero-order chi connectivity index (χ0) is 23.3.